The number of rotatable bonds is 4. The quantitative estimate of drug-likeness (QED) is 0.852. The molecule has 0 aliphatic heterocycles. The van der Waals surface area contributed by atoms with E-state index < -0.39 is 18.8 Å². The minimum atomic E-state index is -4.34. The summed E-state index contributed by atoms with van der Waals surface area (Å²) in [6, 6.07) is -0.406. The smallest absolute Gasteiger partial charge is 0.388 e. The van der Waals surface area contributed by atoms with Crippen molar-refractivity contribution >= 4 is 23.0 Å². The number of nitrogens with zero attached hydrogens (tertiary/aromatic N) is 3. The van der Waals surface area contributed by atoms with E-state index in [1.807, 2.05) is 0 Å². The zero-order valence-electron chi connectivity index (χ0n) is 9.90. The zero-order valence-corrected chi connectivity index (χ0v) is 10.7. The highest BCUT2D eigenvalue weighted by molar-refractivity contribution is 7.80. The molecule has 0 aliphatic carbocycles. The van der Waals surface area contributed by atoms with Crippen molar-refractivity contribution in [1.29, 1.82) is 0 Å². The van der Waals surface area contributed by atoms with E-state index in [1.54, 1.807) is 13.8 Å². The van der Waals surface area contributed by atoms with Crippen LogP contribution in [-0.4, -0.2) is 33.7 Å². The maximum atomic E-state index is 12.5. The second-order valence-electron chi connectivity index (χ2n) is 3.93. The van der Waals surface area contributed by atoms with Crippen LogP contribution in [0.3, 0.4) is 0 Å². The van der Waals surface area contributed by atoms with E-state index in [-0.39, 0.29) is 16.5 Å². The van der Waals surface area contributed by atoms with Crippen molar-refractivity contribution in [2.24, 2.45) is 5.73 Å². The molecule has 0 radical (unpaired) electrons. The average molecular weight is 278 g/mol. The molecule has 1 aromatic rings. The van der Waals surface area contributed by atoms with Crippen LogP contribution < -0.4 is 10.6 Å². The normalized spacial score (nSPS) is 11.7. The maximum absolute atomic E-state index is 12.5. The fraction of sp³-hybridized carbons (Fsp3) is 0.500. The molecule has 0 bridgehead atoms. The number of alkyl halides is 3. The standard InChI is InChI=1S/C10H13F3N4S/c1-6(2)17(5-10(11,12)13)9-7(8(14)18)15-3-4-16-9/h3-4,6H,5H2,1-2H3,(H2,14,18). The van der Waals surface area contributed by atoms with Gasteiger partial charge in [0.25, 0.3) is 0 Å². The molecule has 0 aromatic carbocycles. The summed E-state index contributed by atoms with van der Waals surface area (Å²) in [7, 11) is 0. The van der Waals surface area contributed by atoms with Crippen LogP contribution in [0.15, 0.2) is 12.4 Å². The molecule has 0 saturated heterocycles. The first kappa shape index (κ1) is 14.6. The molecule has 100 valence electrons. The Morgan fingerprint density at radius 1 is 1.39 bits per heavy atom. The van der Waals surface area contributed by atoms with Crippen LogP contribution in [0.4, 0.5) is 19.0 Å². The van der Waals surface area contributed by atoms with Crippen molar-refractivity contribution in [3.63, 3.8) is 0 Å². The van der Waals surface area contributed by atoms with Gasteiger partial charge in [-0.15, -0.1) is 0 Å². The summed E-state index contributed by atoms with van der Waals surface area (Å²) in [6.45, 7) is 2.13. The molecule has 0 amide bonds. The zero-order chi connectivity index (χ0) is 13.9. The topological polar surface area (TPSA) is 55.0 Å². The second kappa shape index (κ2) is 5.47. The first-order chi connectivity index (χ1) is 8.22. The third kappa shape index (κ3) is 3.80. The molecule has 8 heteroatoms. The van der Waals surface area contributed by atoms with Crippen LogP contribution in [0.1, 0.15) is 19.5 Å². The van der Waals surface area contributed by atoms with E-state index in [0.29, 0.717) is 0 Å². The minimum Gasteiger partial charge on any atom is -0.388 e. The van der Waals surface area contributed by atoms with Crippen LogP contribution in [-0.2, 0) is 0 Å². The SMILES string of the molecule is CC(C)N(CC(F)(F)F)c1nccnc1C(N)=S. The largest absolute Gasteiger partial charge is 0.405 e. The Kier molecular flexibility index (Phi) is 4.44. The molecule has 0 saturated carbocycles. The molecule has 0 atom stereocenters. The molecule has 0 fully saturated rings. The van der Waals surface area contributed by atoms with E-state index >= 15 is 0 Å². The van der Waals surface area contributed by atoms with Crippen molar-refractivity contribution in [3.8, 4) is 0 Å². The number of nitrogens with two attached hydrogens (primary N) is 1. The van der Waals surface area contributed by atoms with Gasteiger partial charge in [-0.1, -0.05) is 12.2 Å². The lowest BCUT2D eigenvalue weighted by Crippen LogP contribution is -2.41. The van der Waals surface area contributed by atoms with Crippen molar-refractivity contribution in [1.82, 2.24) is 9.97 Å². The van der Waals surface area contributed by atoms with Gasteiger partial charge < -0.3 is 10.6 Å². The third-order valence-electron chi connectivity index (χ3n) is 2.16. The van der Waals surface area contributed by atoms with Crippen LogP contribution in [0.25, 0.3) is 0 Å². The van der Waals surface area contributed by atoms with E-state index in [1.165, 1.54) is 12.4 Å². The molecule has 0 aliphatic rings. The van der Waals surface area contributed by atoms with Crippen molar-refractivity contribution in [2.75, 3.05) is 11.4 Å². The Morgan fingerprint density at radius 3 is 2.39 bits per heavy atom. The average Bonchev–Trinajstić information content (AvgIpc) is 2.24. The van der Waals surface area contributed by atoms with Crippen LogP contribution in [0.5, 0.6) is 0 Å². The Balaban J connectivity index is 3.18. The number of thiocarbonyl (C=S) groups is 1. The Morgan fingerprint density at radius 2 is 1.94 bits per heavy atom. The van der Waals surface area contributed by atoms with E-state index in [2.05, 4.69) is 9.97 Å². The lowest BCUT2D eigenvalue weighted by Gasteiger charge is -2.29. The van der Waals surface area contributed by atoms with Gasteiger partial charge >= 0.3 is 6.18 Å². The fourth-order valence-corrected chi connectivity index (χ4v) is 1.55. The maximum Gasteiger partial charge on any atom is 0.405 e. The van der Waals surface area contributed by atoms with Crippen LogP contribution >= 0.6 is 12.2 Å². The van der Waals surface area contributed by atoms with Crippen LogP contribution in [0, 0.1) is 0 Å². The number of anilines is 1. The summed E-state index contributed by atoms with van der Waals surface area (Å²) >= 11 is 4.76. The molecule has 1 aromatic heterocycles. The lowest BCUT2D eigenvalue weighted by molar-refractivity contribution is -0.120. The fourth-order valence-electron chi connectivity index (χ4n) is 1.41. The van der Waals surface area contributed by atoms with Crippen LogP contribution in [0.2, 0.25) is 0 Å². The van der Waals surface area contributed by atoms with Gasteiger partial charge in [-0.25, -0.2) is 9.97 Å². The molecule has 18 heavy (non-hydrogen) atoms. The van der Waals surface area contributed by atoms with E-state index in [0.717, 1.165) is 4.90 Å². The lowest BCUT2D eigenvalue weighted by atomic mass is 10.2. The summed E-state index contributed by atoms with van der Waals surface area (Å²) in [4.78, 5) is 8.77. The number of hydrogen-bond acceptors (Lipinski definition) is 4. The Labute approximate surface area is 108 Å². The first-order valence-corrected chi connectivity index (χ1v) is 5.57. The summed E-state index contributed by atoms with van der Waals surface area (Å²) in [5.74, 6) is 0.0531. The Bertz CT molecular complexity index is 433. The molecule has 4 nitrogen and oxygen atoms in total. The predicted octanol–water partition coefficient (Wildman–Crippen LogP) is 1.89. The minimum absolute atomic E-state index is 0.0531. The van der Waals surface area contributed by atoms with Gasteiger partial charge in [0, 0.05) is 18.4 Å². The number of aromatic nitrogens is 2. The molecular formula is C10H13F3N4S. The second-order valence-corrected chi connectivity index (χ2v) is 4.37. The van der Waals surface area contributed by atoms with Gasteiger partial charge in [-0.05, 0) is 13.8 Å². The van der Waals surface area contributed by atoms with Gasteiger partial charge in [-0.3, -0.25) is 0 Å². The summed E-state index contributed by atoms with van der Waals surface area (Å²) in [6.07, 6.45) is -1.69. The summed E-state index contributed by atoms with van der Waals surface area (Å²) in [5.41, 5.74) is 5.54. The highest BCUT2D eigenvalue weighted by Gasteiger charge is 2.33. The van der Waals surface area contributed by atoms with Crippen molar-refractivity contribution in [3.05, 3.63) is 18.1 Å². The van der Waals surface area contributed by atoms with Gasteiger partial charge in [0.15, 0.2) is 5.82 Å². The van der Waals surface area contributed by atoms with E-state index in [9.17, 15) is 13.2 Å². The van der Waals surface area contributed by atoms with Crippen molar-refractivity contribution < 1.29 is 13.2 Å². The third-order valence-corrected chi connectivity index (χ3v) is 2.35. The van der Waals surface area contributed by atoms with E-state index in [4.69, 9.17) is 18.0 Å². The van der Waals surface area contributed by atoms with Crippen molar-refractivity contribution in [2.45, 2.75) is 26.1 Å². The predicted molar refractivity (Wildman–Crippen MR) is 66.5 cm³/mol. The van der Waals surface area contributed by atoms with Gasteiger partial charge in [-0.2, -0.15) is 13.2 Å². The molecule has 0 unspecified atom stereocenters. The first-order valence-electron chi connectivity index (χ1n) is 5.16. The molecule has 1 rings (SSSR count). The molecule has 2 N–H and O–H groups in total. The van der Waals surface area contributed by atoms with Gasteiger partial charge in [0.05, 0.1) is 0 Å². The van der Waals surface area contributed by atoms with Gasteiger partial charge in [0.2, 0.25) is 0 Å². The van der Waals surface area contributed by atoms with Gasteiger partial charge in [0.1, 0.15) is 17.2 Å². The number of halogens is 3. The summed E-state index contributed by atoms with van der Waals surface area (Å²) in [5, 5.41) is 0. The highest BCUT2D eigenvalue weighted by Crippen LogP contribution is 2.24. The summed E-state index contributed by atoms with van der Waals surface area (Å²) < 4.78 is 37.6. The number of hydrogen-bond donors (Lipinski definition) is 1. The molecule has 1 heterocycles. The Hall–Kier alpha value is -1.44. The highest BCUT2D eigenvalue weighted by atomic mass is 32.1. The monoisotopic (exact) mass is 278 g/mol. The molecular weight excluding hydrogens is 265 g/mol. The molecule has 0 spiro atoms.